The molecule has 2 aromatic heterocycles. The largest absolute Gasteiger partial charge is 0.338 e. The van der Waals surface area contributed by atoms with Crippen molar-refractivity contribution in [1.29, 1.82) is 0 Å². The van der Waals surface area contributed by atoms with Gasteiger partial charge in [-0.15, -0.1) is 0 Å². The standard InChI is InChI=1S/C13H11BrN4/c1-9-4-2-3-5-10(9)17-13-11-6-15-8-18(11)12(14)7-16-13/h2-8H,1H3,(H,16,17). The van der Waals surface area contributed by atoms with E-state index >= 15 is 0 Å². The van der Waals surface area contributed by atoms with Crippen molar-refractivity contribution in [1.82, 2.24) is 14.4 Å². The Morgan fingerprint density at radius 1 is 1.22 bits per heavy atom. The summed E-state index contributed by atoms with van der Waals surface area (Å²) in [4.78, 5) is 8.54. The zero-order valence-electron chi connectivity index (χ0n) is 9.76. The average Bonchev–Trinajstić information content (AvgIpc) is 2.85. The third-order valence-electron chi connectivity index (χ3n) is 2.81. The number of para-hydroxylation sites is 1. The normalized spacial score (nSPS) is 10.8. The number of imidazole rings is 1. The SMILES string of the molecule is Cc1ccccc1Nc1ncc(Br)n2cncc12. The number of halogens is 1. The summed E-state index contributed by atoms with van der Waals surface area (Å²) in [6, 6.07) is 8.12. The predicted octanol–water partition coefficient (Wildman–Crippen LogP) is 3.54. The van der Waals surface area contributed by atoms with Crippen LogP contribution < -0.4 is 5.32 Å². The second kappa shape index (κ2) is 4.42. The predicted molar refractivity (Wildman–Crippen MR) is 75.1 cm³/mol. The Morgan fingerprint density at radius 3 is 2.89 bits per heavy atom. The van der Waals surface area contributed by atoms with Crippen molar-refractivity contribution in [3.63, 3.8) is 0 Å². The minimum atomic E-state index is 0.796. The molecule has 0 amide bonds. The molecular weight excluding hydrogens is 292 g/mol. The summed E-state index contributed by atoms with van der Waals surface area (Å²) < 4.78 is 2.82. The molecule has 1 aromatic carbocycles. The lowest BCUT2D eigenvalue weighted by Gasteiger charge is -2.10. The summed E-state index contributed by atoms with van der Waals surface area (Å²) in [6.45, 7) is 2.06. The first-order valence-corrected chi connectivity index (χ1v) is 6.34. The number of aromatic nitrogens is 3. The summed E-state index contributed by atoms with van der Waals surface area (Å²) in [7, 11) is 0. The lowest BCUT2D eigenvalue weighted by molar-refractivity contribution is 1.08. The van der Waals surface area contributed by atoms with Crippen molar-refractivity contribution in [2.45, 2.75) is 6.92 Å². The van der Waals surface area contributed by atoms with E-state index in [1.165, 1.54) is 5.56 Å². The number of fused-ring (bicyclic) bond motifs is 1. The fourth-order valence-corrected chi connectivity index (χ4v) is 2.21. The molecule has 0 saturated carbocycles. The molecule has 5 heteroatoms. The monoisotopic (exact) mass is 302 g/mol. The highest BCUT2D eigenvalue weighted by atomic mass is 79.9. The Labute approximate surface area is 113 Å². The molecule has 0 aliphatic carbocycles. The van der Waals surface area contributed by atoms with Crippen LogP contribution >= 0.6 is 15.9 Å². The Morgan fingerprint density at radius 2 is 2.06 bits per heavy atom. The third-order valence-corrected chi connectivity index (χ3v) is 3.40. The van der Waals surface area contributed by atoms with Gasteiger partial charge in [-0.2, -0.15) is 0 Å². The number of benzene rings is 1. The van der Waals surface area contributed by atoms with Crippen LogP contribution in [0.3, 0.4) is 0 Å². The van der Waals surface area contributed by atoms with E-state index in [1.807, 2.05) is 22.6 Å². The second-order valence-corrected chi connectivity index (χ2v) is 4.83. The number of aryl methyl sites for hydroxylation is 1. The molecule has 2 heterocycles. The molecule has 0 bridgehead atoms. The lowest BCUT2D eigenvalue weighted by Crippen LogP contribution is -1.99. The topological polar surface area (TPSA) is 42.2 Å². The van der Waals surface area contributed by atoms with E-state index in [9.17, 15) is 0 Å². The molecule has 0 spiro atoms. The van der Waals surface area contributed by atoms with E-state index in [-0.39, 0.29) is 0 Å². The van der Waals surface area contributed by atoms with Gasteiger partial charge < -0.3 is 5.32 Å². The van der Waals surface area contributed by atoms with Gasteiger partial charge in [0.2, 0.25) is 0 Å². The highest BCUT2D eigenvalue weighted by Gasteiger charge is 2.07. The van der Waals surface area contributed by atoms with E-state index in [4.69, 9.17) is 0 Å². The third kappa shape index (κ3) is 1.86. The van der Waals surface area contributed by atoms with Crippen LogP contribution in [0.2, 0.25) is 0 Å². The summed E-state index contributed by atoms with van der Waals surface area (Å²) in [5.41, 5.74) is 3.17. The van der Waals surface area contributed by atoms with Crippen molar-refractivity contribution in [3.05, 3.63) is 53.2 Å². The van der Waals surface area contributed by atoms with Crippen molar-refractivity contribution < 1.29 is 0 Å². The maximum atomic E-state index is 4.40. The molecule has 3 aromatic rings. The van der Waals surface area contributed by atoms with Gasteiger partial charge in [0.05, 0.1) is 12.4 Å². The second-order valence-electron chi connectivity index (χ2n) is 4.02. The first-order valence-electron chi connectivity index (χ1n) is 5.55. The maximum absolute atomic E-state index is 4.40. The van der Waals surface area contributed by atoms with E-state index < -0.39 is 0 Å². The highest BCUT2D eigenvalue weighted by Crippen LogP contribution is 2.24. The van der Waals surface area contributed by atoms with Crippen molar-refractivity contribution >= 4 is 33.0 Å². The summed E-state index contributed by atoms with van der Waals surface area (Å²) in [5, 5.41) is 3.34. The highest BCUT2D eigenvalue weighted by molar-refractivity contribution is 9.10. The van der Waals surface area contributed by atoms with Gasteiger partial charge in [-0.1, -0.05) is 18.2 Å². The van der Waals surface area contributed by atoms with Crippen LogP contribution in [-0.2, 0) is 0 Å². The molecule has 0 unspecified atom stereocenters. The molecule has 0 radical (unpaired) electrons. The molecule has 4 nitrogen and oxygen atoms in total. The fraction of sp³-hybridized carbons (Fsp3) is 0.0769. The molecule has 0 saturated heterocycles. The summed E-state index contributed by atoms with van der Waals surface area (Å²) in [5.74, 6) is 0.796. The van der Waals surface area contributed by atoms with Gasteiger partial charge in [-0.3, -0.25) is 4.40 Å². The van der Waals surface area contributed by atoms with E-state index in [2.05, 4.69) is 44.2 Å². The van der Waals surface area contributed by atoms with Gasteiger partial charge in [0.15, 0.2) is 5.82 Å². The molecule has 0 fully saturated rings. The maximum Gasteiger partial charge on any atom is 0.156 e. The summed E-state index contributed by atoms with van der Waals surface area (Å²) >= 11 is 3.44. The molecule has 0 aliphatic heterocycles. The Bertz CT molecular complexity index is 705. The number of hydrogen-bond donors (Lipinski definition) is 1. The van der Waals surface area contributed by atoms with Gasteiger partial charge in [-0.25, -0.2) is 9.97 Å². The molecule has 90 valence electrons. The van der Waals surface area contributed by atoms with Crippen LogP contribution in [0.4, 0.5) is 11.5 Å². The molecule has 18 heavy (non-hydrogen) atoms. The van der Waals surface area contributed by atoms with Crippen LogP contribution in [0, 0.1) is 6.92 Å². The van der Waals surface area contributed by atoms with Gasteiger partial charge in [0.25, 0.3) is 0 Å². The van der Waals surface area contributed by atoms with Crippen LogP contribution in [-0.4, -0.2) is 14.4 Å². The summed E-state index contributed by atoms with van der Waals surface area (Å²) in [6.07, 6.45) is 5.30. The first kappa shape index (κ1) is 11.2. The number of rotatable bonds is 2. The minimum absolute atomic E-state index is 0.796. The average molecular weight is 303 g/mol. The zero-order valence-corrected chi connectivity index (χ0v) is 11.3. The smallest absolute Gasteiger partial charge is 0.156 e. The van der Waals surface area contributed by atoms with Crippen LogP contribution in [0.1, 0.15) is 5.56 Å². The number of hydrogen-bond acceptors (Lipinski definition) is 3. The number of anilines is 2. The van der Waals surface area contributed by atoms with Crippen LogP contribution in [0.15, 0.2) is 47.6 Å². The van der Waals surface area contributed by atoms with Gasteiger partial charge >= 0.3 is 0 Å². The van der Waals surface area contributed by atoms with Crippen LogP contribution in [0.5, 0.6) is 0 Å². The molecule has 0 aliphatic rings. The minimum Gasteiger partial charge on any atom is -0.338 e. The Balaban J connectivity index is 2.08. The van der Waals surface area contributed by atoms with E-state index in [0.29, 0.717) is 0 Å². The fourth-order valence-electron chi connectivity index (χ4n) is 1.82. The van der Waals surface area contributed by atoms with Crippen molar-refractivity contribution in [3.8, 4) is 0 Å². The van der Waals surface area contributed by atoms with E-state index in [0.717, 1.165) is 21.6 Å². The first-order chi connectivity index (χ1) is 8.75. The van der Waals surface area contributed by atoms with Crippen LogP contribution in [0.25, 0.3) is 5.52 Å². The zero-order chi connectivity index (χ0) is 12.5. The Kier molecular flexibility index (Phi) is 2.76. The molecule has 3 rings (SSSR count). The quantitative estimate of drug-likeness (QED) is 0.787. The Hall–Kier alpha value is -1.88. The van der Waals surface area contributed by atoms with Crippen molar-refractivity contribution in [2.24, 2.45) is 0 Å². The number of nitrogens with one attached hydrogen (secondary N) is 1. The van der Waals surface area contributed by atoms with E-state index in [1.54, 1.807) is 18.7 Å². The molecule has 1 N–H and O–H groups in total. The molecular formula is C13H11BrN4. The van der Waals surface area contributed by atoms with Gasteiger partial charge in [-0.05, 0) is 34.5 Å². The van der Waals surface area contributed by atoms with Gasteiger partial charge in [0.1, 0.15) is 16.4 Å². The number of nitrogens with zero attached hydrogens (tertiary/aromatic N) is 3. The van der Waals surface area contributed by atoms with Gasteiger partial charge in [0, 0.05) is 5.69 Å². The molecule has 0 atom stereocenters. The lowest BCUT2D eigenvalue weighted by atomic mass is 10.2. The van der Waals surface area contributed by atoms with Crippen molar-refractivity contribution in [2.75, 3.05) is 5.32 Å².